The monoisotopic (exact) mass is 311 g/mol. The van der Waals surface area contributed by atoms with Gasteiger partial charge in [-0.2, -0.15) is 0 Å². The summed E-state index contributed by atoms with van der Waals surface area (Å²) in [6.07, 6.45) is 1.86. The lowest BCUT2D eigenvalue weighted by molar-refractivity contribution is 0.0939. The van der Waals surface area contributed by atoms with Gasteiger partial charge in [0.2, 0.25) is 0 Å². The van der Waals surface area contributed by atoms with E-state index in [1.54, 1.807) is 19.2 Å². The van der Waals surface area contributed by atoms with Crippen LogP contribution in [0.2, 0.25) is 0 Å². The molecule has 4 nitrogen and oxygen atoms in total. The average molecular weight is 311 g/mol. The highest BCUT2D eigenvalue weighted by molar-refractivity contribution is 7.84. The van der Waals surface area contributed by atoms with Crippen molar-refractivity contribution in [2.75, 3.05) is 18.6 Å². The summed E-state index contributed by atoms with van der Waals surface area (Å²) < 4.78 is 24.9. The molecular formula is C15H18FNO3S. The zero-order valence-electron chi connectivity index (χ0n) is 12.0. The number of hydrogen-bond donors (Lipinski definition) is 2. The number of carbonyl (C=O) groups is 1. The van der Waals surface area contributed by atoms with E-state index in [4.69, 9.17) is 5.11 Å². The van der Waals surface area contributed by atoms with E-state index in [2.05, 4.69) is 17.2 Å². The summed E-state index contributed by atoms with van der Waals surface area (Å²) in [6, 6.07) is 3.79. The summed E-state index contributed by atoms with van der Waals surface area (Å²) in [6.45, 7) is 1.67. The molecule has 0 bridgehead atoms. The van der Waals surface area contributed by atoms with E-state index < -0.39 is 22.5 Å². The first-order valence-electron chi connectivity index (χ1n) is 6.44. The van der Waals surface area contributed by atoms with Crippen LogP contribution in [-0.2, 0) is 10.8 Å². The van der Waals surface area contributed by atoms with E-state index >= 15 is 0 Å². The van der Waals surface area contributed by atoms with Crippen molar-refractivity contribution in [3.63, 3.8) is 0 Å². The highest BCUT2D eigenvalue weighted by atomic mass is 32.2. The van der Waals surface area contributed by atoms with Gasteiger partial charge in [-0.05, 0) is 25.1 Å². The standard InChI is InChI=1S/C15H18FNO3S/c1-11(10-21(2)20)17-15(19)13-7-6-12(9-14(13)16)5-3-4-8-18/h6-7,9,11,18H,4,8,10H2,1-2H3,(H,17,19). The molecule has 6 heteroatoms. The Morgan fingerprint density at radius 1 is 1.52 bits per heavy atom. The number of benzene rings is 1. The molecule has 2 N–H and O–H groups in total. The Balaban J connectivity index is 2.78. The van der Waals surface area contributed by atoms with Gasteiger partial charge in [-0.1, -0.05) is 11.8 Å². The van der Waals surface area contributed by atoms with E-state index in [1.807, 2.05) is 0 Å². The minimum absolute atomic E-state index is 0.0489. The van der Waals surface area contributed by atoms with Crippen LogP contribution in [0.3, 0.4) is 0 Å². The Hall–Kier alpha value is -1.71. The van der Waals surface area contributed by atoms with Gasteiger partial charge in [0.25, 0.3) is 5.91 Å². The van der Waals surface area contributed by atoms with Crippen LogP contribution in [0.15, 0.2) is 18.2 Å². The number of nitrogens with one attached hydrogen (secondary N) is 1. The molecule has 0 radical (unpaired) electrons. The second kappa shape index (κ2) is 8.55. The van der Waals surface area contributed by atoms with Crippen LogP contribution in [0.25, 0.3) is 0 Å². The predicted molar refractivity (Wildman–Crippen MR) is 80.8 cm³/mol. The van der Waals surface area contributed by atoms with Gasteiger partial charge in [0, 0.05) is 40.8 Å². The molecule has 0 aliphatic heterocycles. The number of amides is 1. The van der Waals surface area contributed by atoms with Crippen LogP contribution in [0, 0.1) is 17.7 Å². The molecule has 2 atom stereocenters. The van der Waals surface area contributed by atoms with Gasteiger partial charge in [-0.3, -0.25) is 9.00 Å². The molecule has 0 aliphatic carbocycles. The van der Waals surface area contributed by atoms with Crippen molar-refractivity contribution in [2.24, 2.45) is 0 Å². The summed E-state index contributed by atoms with van der Waals surface area (Å²) >= 11 is 0. The molecule has 0 spiro atoms. The largest absolute Gasteiger partial charge is 0.395 e. The van der Waals surface area contributed by atoms with Crippen LogP contribution in [0.5, 0.6) is 0 Å². The fraction of sp³-hybridized carbons (Fsp3) is 0.400. The first-order chi connectivity index (χ1) is 9.93. The molecule has 21 heavy (non-hydrogen) atoms. The Morgan fingerprint density at radius 2 is 2.24 bits per heavy atom. The lowest BCUT2D eigenvalue weighted by Crippen LogP contribution is -2.36. The molecular weight excluding hydrogens is 293 g/mol. The van der Waals surface area contributed by atoms with Crippen LogP contribution in [0.4, 0.5) is 4.39 Å². The molecule has 1 aromatic rings. The van der Waals surface area contributed by atoms with E-state index in [-0.39, 0.29) is 18.2 Å². The molecule has 0 aliphatic rings. The van der Waals surface area contributed by atoms with Crippen molar-refractivity contribution in [2.45, 2.75) is 19.4 Å². The van der Waals surface area contributed by atoms with Gasteiger partial charge in [0.05, 0.1) is 12.2 Å². The number of aliphatic hydroxyl groups excluding tert-OH is 1. The minimum Gasteiger partial charge on any atom is -0.395 e. The molecule has 0 fully saturated rings. The third-order valence-electron chi connectivity index (χ3n) is 2.55. The molecule has 0 aromatic heterocycles. The van der Waals surface area contributed by atoms with Crippen LogP contribution < -0.4 is 5.32 Å². The fourth-order valence-corrected chi connectivity index (χ4v) is 2.48. The van der Waals surface area contributed by atoms with E-state index in [0.717, 1.165) is 0 Å². The van der Waals surface area contributed by atoms with Crippen molar-refractivity contribution in [3.05, 3.63) is 35.1 Å². The Morgan fingerprint density at radius 3 is 2.81 bits per heavy atom. The summed E-state index contributed by atoms with van der Waals surface area (Å²) in [5.41, 5.74) is 0.372. The lowest BCUT2D eigenvalue weighted by Gasteiger charge is -2.12. The van der Waals surface area contributed by atoms with Crippen LogP contribution in [-0.4, -0.2) is 39.9 Å². The van der Waals surface area contributed by atoms with Gasteiger partial charge in [0.15, 0.2) is 0 Å². The van der Waals surface area contributed by atoms with Crippen LogP contribution >= 0.6 is 0 Å². The SMILES string of the molecule is CC(CS(C)=O)NC(=O)c1ccc(C#CCCO)cc1F. The average Bonchev–Trinajstić information content (AvgIpc) is 2.37. The molecule has 1 aromatic carbocycles. The number of hydrogen-bond acceptors (Lipinski definition) is 3. The first-order valence-corrected chi connectivity index (χ1v) is 8.17. The second-order valence-corrected chi connectivity index (χ2v) is 6.06. The quantitative estimate of drug-likeness (QED) is 0.799. The molecule has 1 amide bonds. The summed E-state index contributed by atoms with van der Waals surface area (Å²) in [5, 5.41) is 11.2. The third-order valence-corrected chi connectivity index (χ3v) is 3.51. The number of aliphatic hydroxyl groups is 1. The topological polar surface area (TPSA) is 66.4 Å². The molecule has 0 saturated heterocycles. The maximum Gasteiger partial charge on any atom is 0.254 e. The van der Waals surface area contributed by atoms with Gasteiger partial charge < -0.3 is 10.4 Å². The Labute approximate surface area is 126 Å². The van der Waals surface area contributed by atoms with Gasteiger partial charge in [-0.15, -0.1) is 0 Å². The minimum atomic E-state index is -1.03. The van der Waals surface area contributed by atoms with Gasteiger partial charge >= 0.3 is 0 Å². The van der Waals surface area contributed by atoms with Crippen LogP contribution in [0.1, 0.15) is 29.3 Å². The molecule has 0 saturated carbocycles. The molecule has 1 rings (SSSR count). The lowest BCUT2D eigenvalue weighted by atomic mass is 10.1. The smallest absolute Gasteiger partial charge is 0.254 e. The maximum absolute atomic E-state index is 13.9. The van der Waals surface area contributed by atoms with Crippen molar-refractivity contribution in [3.8, 4) is 11.8 Å². The van der Waals surface area contributed by atoms with E-state index in [9.17, 15) is 13.4 Å². The second-order valence-electron chi connectivity index (χ2n) is 4.58. The van der Waals surface area contributed by atoms with Crippen molar-refractivity contribution in [1.29, 1.82) is 0 Å². The van der Waals surface area contributed by atoms with Crippen molar-refractivity contribution < 1.29 is 18.5 Å². The Bertz CT molecular complexity index is 592. The Kier molecular flexibility index (Phi) is 7.06. The zero-order chi connectivity index (χ0) is 15.8. The summed E-state index contributed by atoms with van der Waals surface area (Å²) in [7, 11) is -1.03. The number of carbonyl (C=O) groups excluding carboxylic acids is 1. The zero-order valence-corrected chi connectivity index (χ0v) is 12.8. The maximum atomic E-state index is 13.9. The normalized spacial score (nSPS) is 13.0. The highest BCUT2D eigenvalue weighted by Crippen LogP contribution is 2.10. The molecule has 2 unspecified atom stereocenters. The van der Waals surface area contributed by atoms with E-state index in [1.165, 1.54) is 12.1 Å². The predicted octanol–water partition coefficient (Wildman–Crippen LogP) is 1.06. The first kappa shape index (κ1) is 17.3. The van der Waals surface area contributed by atoms with Gasteiger partial charge in [0.1, 0.15) is 5.82 Å². The summed E-state index contributed by atoms with van der Waals surface area (Å²) in [4.78, 5) is 11.9. The highest BCUT2D eigenvalue weighted by Gasteiger charge is 2.15. The number of rotatable bonds is 5. The van der Waals surface area contributed by atoms with Crippen molar-refractivity contribution in [1.82, 2.24) is 5.32 Å². The van der Waals surface area contributed by atoms with Crippen molar-refractivity contribution >= 4 is 16.7 Å². The van der Waals surface area contributed by atoms with E-state index in [0.29, 0.717) is 17.7 Å². The fourth-order valence-electron chi connectivity index (χ4n) is 1.69. The van der Waals surface area contributed by atoms with Gasteiger partial charge in [-0.25, -0.2) is 4.39 Å². The summed E-state index contributed by atoms with van der Waals surface area (Å²) in [5.74, 6) is 4.49. The molecule has 114 valence electrons. The third kappa shape index (κ3) is 6.06. The molecule has 0 heterocycles. The number of halogens is 1.